The Kier molecular flexibility index (Phi) is 6.51. The van der Waals surface area contributed by atoms with E-state index in [9.17, 15) is 14.7 Å². The molecule has 1 aliphatic rings. The van der Waals surface area contributed by atoms with Crippen molar-refractivity contribution in [2.45, 2.75) is 24.5 Å². The van der Waals surface area contributed by atoms with Crippen LogP contribution in [0.15, 0.2) is 67.0 Å². The number of esters is 2. The first-order valence-corrected chi connectivity index (χ1v) is 11.3. The summed E-state index contributed by atoms with van der Waals surface area (Å²) in [7, 11) is 0. The Bertz CT molecular complexity index is 1400. The molecule has 1 aliphatic heterocycles. The number of nitrogen functional groups attached to an aromatic ring is 1. The molecule has 3 heterocycles. The van der Waals surface area contributed by atoms with Crippen molar-refractivity contribution in [3.8, 4) is 0 Å². The number of hydrogen-bond acceptors (Lipinski definition) is 10. The molecule has 4 aromatic rings. The number of carbonyl (C=O) groups excluding carboxylic acids is 2. The molecule has 1 saturated heterocycles. The Labute approximate surface area is 209 Å². The summed E-state index contributed by atoms with van der Waals surface area (Å²) in [5.74, 6) is -1.21. The van der Waals surface area contributed by atoms with E-state index in [1.165, 1.54) is 10.9 Å². The maximum absolute atomic E-state index is 12.8. The van der Waals surface area contributed by atoms with Gasteiger partial charge in [-0.3, -0.25) is 4.57 Å². The lowest BCUT2D eigenvalue weighted by Crippen LogP contribution is -2.38. The Hall–Kier alpha value is -4.06. The standard InChI is InChI=1S/C24H20ClN5O6/c25-24-28-19(26)16-20(29-24)30(12-27-16)21-17(31)18(36-23(33)14-9-5-2-6-10-14)15(35-21)11-34-22(32)13-7-3-1-4-8-13/h1-10,12,15,17-18,21,31H,11H2,(H2,26,28,29)/t15-,17-,18-,21-/m1/s1. The van der Waals surface area contributed by atoms with Gasteiger partial charge in [0.15, 0.2) is 23.8 Å². The third kappa shape index (κ3) is 4.59. The number of carbonyl (C=O) groups is 2. The summed E-state index contributed by atoms with van der Waals surface area (Å²) in [5.41, 5.74) is 6.98. The minimum Gasteiger partial charge on any atom is -0.459 e. The molecule has 0 amide bonds. The van der Waals surface area contributed by atoms with Crippen LogP contribution in [0.4, 0.5) is 5.82 Å². The van der Waals surface area contributed by atoms with Gasteiger partial charge in [-0.15, -0.1) is 0 Å². The minimum atomic E-state index is -1.37. The van der Waals surface area contributed by atoms with Gasteiger partial charge in [0.1, 0.15) is 24.3 Å². The summed E-state index contributed by atoms with van der Waals surface area (Å²) in [5, 5.41) is 11.1. The van der Waals surface area contributed by atoms with Crippen LogP contribution in [0.5, 0.6) is 0 Å². The van der Waals surface area contributed by atoms with Gasteiger partial charge in [-0.1, -0.05) is 36.4 Å². The van der Waals surface area contributed by atoms with Crippen LogP contribution in [-0.4, -0.2) is 61.5 Å². The number of fused-ring (bicyclic) bond motifs is 1. The first-order valence-electron chi connectivity index (χ1n) is 10.9. The summed E-state index contributed by atoms with van der Waals surface area (Å²) in [6, 6.07) is 16.7. The van der Waals surface area contributed by atoms with Gasteiger partial charge in [-0.25, -0.2) is 14.6 Å². The van der Waals surface area contributed by atoms with Crippen molar-refractivity contribution in [2.24, 2.45) is 0 Å². The van der Waals surface area contributed by atoms with E-state index in [4.69, 9.17) is 31.5 Å². The van der Waals surface area contributed by atoms with E-state index >= 15 is 0 Å². The number of ether oxygens (including phenoxy) is 3. The van der Waals surface area contributed by atoms with Crippen LogP contribution in [-0.2, 0) is 14.2 Å². The smallest absolute Gasteiger partial charge is 0.338 e. The molecule has 0 spiro atoms. The Morgan fingerprint density at radius 3 is 2.33 bits per heavy atom. The molecule has 0 radical (unpaired) electrons. The Balaban J connectivity index is 1.42. The lowest BCUT2D eigenvalue weighted by atomic mass is 10.1. The fourth-order valence-corrected chi connectivity index (χ4v) is 4.08. The molecule has 5 rings (SSSR count). The number of halogens is 1. The molecule has 3 N–H and O–H groups in total. The van der Waals surface area contributed by atoms with Gasteiger partial charge in [0.2, 0.25) is 5.28 Å². The summed E-state index contributed by atoms with van der Waals surface area (Å²) in [4.78, 5) is 37.4. The average Bonchev–Trinajstić information content (AvgIpc) is 3.44. The number of nitrogens with two attached hydrogens (primary N) is 1. The van der Waals surface area contributed by atoms with Crippen LogP contribution in [0.1, 0.15) is 26.9 Å². The van der Waals surface area contributed by atoms with Crippen LogP contribution < -0.4 is 5.73 Å². The highest BCUT2D eigenvalue weighted by Gasteiger charge is 2.48. The number of rotatable bonds is 6. The van der Waals surface area contributed by atoms with Gasteiger partial charge in [-0.05, 0) is 35.9 Å². The first-order chi connectivity index (χ1) is 17.4. The molecule has 2 aromatic carbocycles. The molecular formula is C24H20ClN5O6. The second-order valence-electron chi connectivity index (χ2n) is 7.96. The fourth-order valence-electron chi connectivity index (χ4n) is 3.91. The van der Waals surface area contributed by atoms with Crippen molar-refractivity contribution in [3.05, 3.63) is 83.4 Å². The Morgan fingerprint density at radius 2 is 1.67 bits per heavy atom. The third-order valence-corrected chi connectivity index (χ3v) is 5.81. The average molecular weight is 510 g/mol. The maximum atomic E-state index is 12.8. The normalized spacial score (nSPS) is 21.4. The molecule has 0 aliphatic carbocycles. The number of imidazole rings is 1. The molecule has 36 heavy (non-hydrogen) atoms. The maximum Gasteiger partial charge on any atom is 0.338 e. The van der Waals surface area contributed by atoms with E-state index in [-0.39, 0.29) is 34.4 Å². The summed E-state index contributed by atoms with van der Waals surface area (Å²) < 4.78 is 18.5. The highest BCUT2D eigenvalue weighted by Crippen LogP contribution is 2.34. The molecule has 0 unspecified atom stereocenters. The van der Waals surface area contributed by atoms with Crippen LogP contribution in [0.2, 0.25) is 5.28 Å². The van der Waals surface area contributed by atoms with Crippen molar-refractivity contribution >= 4 is 40.5 Å². The molecule has 0 bridgehead atoms. The quantitative estimate of drug-likeness (QED) is 0.292. The zero-order chi connectivity index (χ0) is 25.2. The topological polar surface area (TPSA) is 152 Å². The summed E-state index contributed by atoms with van der Waals surface area (Å²) >= 11 is 5.96. The minimum absolute atomic E-state index is 0.0524. The second-order valence-corrected chi connectivity index (χ2v) is 8.30. The van der Waals surface area contributed by atoms with Crippen LogP contribution in [0.25, 0.3) is 11.2 Å². The van der Waals surface area contributed by atoms with Gasteiger partial charge in [0.05, 0.1) is 17.5 Å². The number of nitrogens with zero attached hydrogens (tertiary/aromatic N) is 4. The van der Waals surface area contributed by atoms with Gasteiger partial charge < -0.3 is 25.1 Å². The van der Waals surface area contributed by atoms with Crippen molar-refractivity contribution in [3.63, 3.8) is 0 Å². The number of aliphatic hydroxyl groups excluding tert-OH is 1. The van der Waals surface area contributed by atoms with Crippen LogP contribution in [0, 0.1) is 0 Å². The largest absolute Gasteiger partial charge is 0.459 e. The number of anilines is 1. The van der Waals surface area contributed by atoms with Crippen LogP contribution >= 0.6 is 11.6 Å². The predicted molar refractivity (Wildman–Crippen MR) is 127 cm³/mol. The number of hydrogen-bond donors (Lipinski definition) is 2. The van der Waals surface area contributed by atoms with Crippen LogP contribution in [0.3, 0.4) is 0 Å². The molecule has 11 nitrogen and oxygen atoms in total. The zero-order valence-corrected chi connectivity index (χ0v) is 19.4. The summed E-state index contributed by atoms with van der Waals surface area (Å²) in [6.45, 7) is -0.293. The molecule has 1 fully saturated rings. The first kappa shape index (κ1) is 23.7. The van der Waals surface area contributed by atoms with Crippen molar-refractivity contribution < 1.29 is 28.9 Å². The lowest BCUT2D eigenvalue weighted by molar-refractivity contribution is -0.0585. The van der Waals surface area contributed by atoms with E-state index in [1.807, 2.05) is 0 Å². The molecular weight excluding hydrogens is 490 g/mol. The number of aliphatic hydroxyl groups is 1. The van der Waals surface area contributed by atoms with Crippen molar-refractivity contribution in [2.75, 3.05) is 12.3 Å². The SMILES string of the molecule is Nc1nc(Cl)nc2c1ncn2[C@@H]1O[C@H](COC(=O)c2ccccc2)[C@@H](OC(=O)c2ccccc2)[C@H]1O. The molecule has 184 valence electrons. The van der Waals surface area contributed by atoms with E-state index in [0.717, 1.165) is 0 Å². The molecule has 12 heteroatoms. The van der Waals surface area contributed by atoms with Gasteiger partial charge >= 0.3 is 11.9 Å². The number of benzene rings is 2. The lowest BCUT2D eigenvalue weighted by Gasteiger charge is -2.20. The third-order valence-electron chi connectivity index (χ3n) is 5.65. The van der Waals surface area contributed by atoms with Gasteiger partial charge in [0, 0.05) is 0 Å². The van der Waals surface area contributed by atoms with E-state index in [2.05, 4.69) is 15.0 Å². The highest BCUT2D eigenvalue weighted by atomic mass is 35.5. The molecule has 2 aromatic heterocycles. The van der Waals surface area contributed by atoms with E-state index in [1.54, 1.807) is 60.7 Å². The second kappa shape index (κ2) is 9.90. The predicted octanol–water partition coefficient (Wildman–Crippen LogP) is 2.40. The molecule has 4 atom stereocenters. The van der Waals surface area contributed by atoms with Gasteiger partial charge in [-0.2, -0.15) is 9.97 Å². The van der Waals surface area contributed by atoms with Crippen molar-refractivity contribution in [1.82, 2.24) is 19.5 Å². The van der Waals surface area contributed by atoms with E-state index < -0.39 is 36.5 Å². The monoisotopic (exact) mass is 509 g/mol. The van der Waals surface area contributed by atoms with Gasteiger partial charge in [0.25, 0.3) is 0 Å². The number of aromatic nitrogens is 4. The van der Waals surface area contributed by atoms with Crippen molar-refractivity contribution in [1.29, 1.82) is 0 Å². The fraction of sp³-hybridized carbons (Fsp3) is 0.208. The zero-order valence-electron chi connectivity index (χ0n) is 18.6. The molecule has 0 saturated carbocycles. The highest BCUT2D eigenvalue weighted by molar-refractivity contribution is 6.28. The summed E-state index contributed by atoms with van der Waals surface area (Å²) in [6.07, 6.45) is -3.30. The van der Waals surface area contributed by atoms with E-state index in [0.29, 0.717) is 5.56 Å². The Morgan fingerprint density at radius 1 is 1.03 bits per heavy atom.